The third kappa shape index (κ3) is 2.20. The van der Waals surface area contributed by atoms with Crippen LogP contribution in [0.2, 0.25) is 5.02 Å². The van der Waals surface area contributed by atoms with Gasteiger partial charge in [0.15, 0.2) is 0 Å². The van der Waals surface area contributed by atoms with Crippen LogP contribution in [-0.2, 0) is 20.5 Å². The number of halogens is 1. The van der Waals surface area contributed by atoms with E-state index in [1.54, 1.807) is 11.8 Å². The van der Waals surface area contributed by atoms with Crippen LogP contribution in [0.1, 0.15) is 22.6 Å². The number of rotatable bonds is 1. The number of nitrogens with one attached hydrogen (secondary N) is 1. The molecule has 4 atom stereocenters. The van der Waals surface area contributed by atoms with Gasteiger partial charge in [0.25, 0.3) is 0 Å². The van der Waals surface area contributed by atoms with Crippen molar-refractivity contribution in [1.82, 2.24) is 4.90 Å². The predicted molar refractivity (Wildman–Crippen MR) is 128 cm³/mol. The molecule has 0 unspecified atom stereocenters. The maximum atomic E-state index is 14.1. The number of carbonyl (C=O) groups is 2. The number of hydrogen-bond donors (Lipinski definition) is 1. The number of nitrogens with zero attached hydrogens (tertiary/aromatic N) is 1. The molecule has 0 aromatic heterocycles. The van der Waals surface area contributed by atoms with Gasteiger partial charge in [0.2, 0.25) is 5.91 Å². The summed E-state index contributed by atoms with van der Waals surface area (Å²) in [5.74, 6) is 1.13. The molecule has 7 heteroatoms. The monoisotopic (exact) mass is 474 g/mol. The van der Waals surface area contributed by atoms with Gasteiger partial charge in [-0.15, -0.1) is 11.8 Å². The molecule has 0 radical (unpaired) electrons. The standard InChI is InChI=1S/C26H19ClN2O3S/c27-16-11-9-15(10-12-16)22-25(18-6-2-4-8-20(18)32-24(25)31)21-13-33-14-29(21)26(22)17-5-1-3-7-19(17)28-23(26)30/h1-12,21-22H,13-14H2,(H,28,30)/t21-,22-,25+,26+/m0/s1. The lowest BCUT2D eigenvalue weighted by atomic mass is 9.60. The summed E-state index contributed by atoms with van der Waals surface area (Å²) >= 11 is 8.01. The summed E-state index contributed by atoms with van der Waals surface area (Å²) in [4.78, 5) is 30.3. The van der Waals surface area contributed by atoms with Crippen molar-refractivity contribution in [3.63, 3.8) is 0 Å². The zero-order chi connectivity index (χ0) is 22.4. The molecule has 33 heavy (non-hydrogen) atoms. The molecular weight excluding hydrogens is 456 g/mol. The Kier molecular flexibility index (Phi) is 3.95. The Balaban J connectivity index is 1.62. The molecule has 3 aromatic rings. The van der Waals surface area contributed by atoms with Crippen LogP contribution in [0, 0.1) is 0 Å². The Labute approximate surface area is 200 Å². The van der Waals surface area contributed by atoms with Crippen LogP contribution in [0.25, 0.3) is 0 Å². The summed E-state index contributed by atoms with van der Waals surface area (Å²) in [6.07, 6.45) is 0. The Morgan fingerprint density at radius 3 is 2.52 bits per heavy atom. The van der Waals surface area contributed by atoms with Crippen molar-refractivity contribution in [2.75, 3.05) is 16.9 Å². The van der Waals surface area contributed by atoms with Crippen molar-refractivity contribution in [2.45, 2.75) is 22.9 Å². The molecule has 4 aliphatic rings. The molecule has 0 aliphatic carbocycles. The molecule has 0 saturated carbocycles. The number of fused-ring (bicyclic) bond motifs is 7. The molecule has 0 bridgehead atoms. The fourth-order valence-corrected chi connectivity index (χ4v) is 8.11. The van der Waals surface area contributed by atoms with E-state index in [4.69, 9.17) is 16.3 Å². The zero-order valence-corrected chi connectivity index (χ0v) is 19.0. The van der Waals surface area contributed by atoms with Gasteiger partial charge in [-0.25, -0.2) is 0 Å². The van der Waals surface area contributed by atoms with Gasteiger partial charge >= 0.3 is 5.97 Å². The summed E-state index contributed by atoms with van der Waals surface area (Å²) in [6.45, 7) is 0. The largest absolute Gasteiger partial charge is 0.425 e. The highest BCUT2D eigenvalue weighted by Crippen LogP contribution is 2.69. The third-order valence-electron chi connectivity index (χ3n) is 7.74. The van der Waals surface area contributed by atoms with Crippen LogP contribution in [0.4, 0.5) is 5.69 Å². The van der Waals surface area contributed by atoms with Crippen LogP contribution in [-0.4, -0.2) is 34.4 Å². The highest BCUT2D eigenvalue weighted by molar-refractivity contribution is 7.99. The summed E-state index contributed by atoms with van der Waals surface area (Å²) in [5.41, 5.74) is 1.43. The molecule has 4 aliphatic heterocycles. The summed E-state index contributed by atoms with van der Waals surface area (Å²) in [5, 5.41) is 3.74. The smallest absolute Gasteiger partial charge is 0.324 e. The van der Waals surface area contributed by atoms with Crippen molar-refractivity contribution >= 4 is 40.9 Å². The van der Waals surface area contributed by atoms with Gasteiger partial charge in [0.1, 0.15) is 16.7 Å². The average molecular weight is 475 g/mol. The molecule has 3 aromatic carbocycles. The van der Waals surface area contributed by atoms with Crippen LogP contribution in [0.5, 0.6) is 5.75 Å². The Bertz CT molecular complexity index is 1270. The normalized spacial score (nSPS) is 31.5. The van der Waals surface area contributed by atoms with Gasteiger partial charge in [-0.05, 0) is 29.8 Å². The van der Waals surface area contributed by atoms with Gasteiger partial charge < -0.3 is 10.1 Å². The van der Waals surface area contributed by atoms with E-state index in [1.807, 2.05) is 72.8 Å². The minimum atomic E-state index is -1.03. The van der Waals surface area contributed by atoms with Gasteiger partial charge in [0, 0.05) is 45.4 Å². The van der Waals surface area contributed by atoms with E-state index in [9.17, 15) is 9.59 Å². The molecule has 2 fully saturated rings. The number of ether oxygens (including phenoxy) is 1. The molecule has 5 nitrogen and oxygen atoms in total. The number of amides is 1. The van der Waals surface area contributed by atoms with Crippen molar-refractivity contribution in [2.24, 2.45) is 0 Å². The minimum absolute atomic E-state index is 0.0924. The second-order valence-corrected chi connectivity index (χ2v) is 10.4. The number of benzene rings is 3. The fraction of sp³-hybridized carbons (Fsp3) is 0.231. The van der Waals surface area contributed by atoms with Crippen molar-refractivity contribution in [3.05, 3.63) is 94.5 Å². The summed E-state index contributed by atoms with van der Waals surface area (Å²) in [6, 6.07) is 22.9. The molecule has 7 rings (SSSR count). The van der Waals surface area contributed by atoms with Crippen molar-refractivity contribution in [3.8, 4) is 5.75 Å². The second-order valence-electron chi connectivity index (χ2n) is 8.99. The van der Waals surface area contributed by atoms with Gasteiger partial charge in [-0.2, -0.15) is 0 Å². The lowest BCUT2D eigenvalue weighted by Crippen LogP contribution is -2.50. The van der Waals surface area contributed by atoms with Gasteiger partial charge in [-0.1, -0.05) is 60.1 Å². The van der Waals surface area contributed by atoms with Crippen molar-refractivity contribution < 1.29 is 14.3 Å². The van der Waals surface area contributed by atoms with Gasteiger partial charge in [-0.3, -0.25) is 14.5 Å². The highest BCUT2D eigenvalue weighted by Gasteiger charge is 2.78. The summed E-state index contributed by atoms with van der Waals surface area (Å²) in [7, 11) is 0. The molecule has 1 N–H and O–H groups in total. The van der Waals surface area contributed by atoms with Crippen molar-refractivity contribution in [1.29, 1.82) is 0 Å². The third-order valence-corrected chi connectivity index (χ3v) is 9.01. The quantitative estimate of drug-likeness (QED) is 0.415. The lowest BCUT2D eigenvalue weighted by molar-refractivity contribution is -0.139. The van der Waals surface area contributed by atoms with Gasteiger partial charge in [0.05, 0.1) is 0 Å². The maximum Gasteiger partial charge on any atom is 0.324 e. The molecule has 1 amide bonds. The van der Waals surface area contributed by atoms with Crippen LogP contribution in [0.3, 0.4) is 0 Å². The first-order valence-electron chi connectivity index (χ1n) is 10.9. The minimum Gasteiger partial charge on any atom is -0.425 e. The van der Waals surface area contributed by atoms with E-state index >= 15 is 0 Å². The highest BCUT2D eigenvalue weighted by atomic mass is 35.5. The van der Waals surface area contributed by atoms with Crippen LogP contribution in [0.15, 0.2) is 72.8 Å². The van der Waals surface area contributed by atoms with E-state index in [0.29, 0.717) is 16.6 Å². The molecule has 2 spiro atoms. The lowest BCUT2D eigenvalue weighted by Gasteiger charge is -2.39. The first kappa shape index (κ1) is 19.6. The first-order valence-corrected chi connectivity index (χ1v) is 12.5. The van der Waals surface area contributed by atoms with E-state index in [0.717, 1.165) is 28.1 Å². The van der Waals surface area contributed by atoms with E-state index in [-0.39, 0.29) is 17.9 Å². The van der Waals surface area contributed by atoms with E-state index < -0.39 is 16.9 Å². The van der Waals surface area contributed by atoms with Crippen LogP contribution < -0.4 is 10.1 Å². The number of esters is 1. The van der Waals surface area contributed by atoms with E-state index in [2.05, 4.69) is 10.2 Å². The topological polar surface area (TPSA) is 58.6 Å². The SMILES string of the molecule is O=C1Oc2ccccc2[C@]12[C@@H]1CSCN1[C@@]1(C(=O)Nc3ccccc31)[C@H]2c1ccc(Cl)cc1. The number of hydrogen-bond acceptors (Lipinski definition) is 5. The Hall–Kier alpha value is -2.80. The number of carbonyl (C=O) groups excluding carboxylic acids is 2. The maximum absolute atomic E-state index is 14.1. The fourth-order valence-electron chi connectivity index (χ4n) is 6.63. The second kappa shape index (κ2) is 6.63. The summed E-state index contributed by atoms with van der Waals surface area (Å²) < 4.78 is 5.92. The molecular formula is C26H19ClN2O3S. The predicted octanol–water partition coefficient (Wildman–Crippen LogP) is 4.52. The Morgan fingerprint density at radius 2 is 1.70 bits per heavy atom. The number of para-hydroxylation sites is 2. The average Bonchev–Trinajstić information content (AvgIpc) is 3.54. The Morgan fingerprint density at radius 1 is 0.970 bits per heavy atom. The van der Waals surface area contributed by atoms with Crippen LogP contribution >= 0.6 is 23.4 Å². The number of anilines is 1. The molecule has 2 saturated heterocycles. The molecule has 4 heterocycles. The first-order chi connectivity index (χ1) is 16.1. The number of thioether (sulfide) groups is 1. The molecule has 164 valence electrons. The van der Waals surface area contributed by atoms with E-state index in [1.165, 1.54) is 0 Å². The zero-order valence-electron chi connectivity index (χ0n) is 17.5.